The second-order valence-electron chi connectivity index (χ2n) is 7.73. The maximum absolute atomic E-state index is 12.3. The molecule has 1 heterocycles. The van der Waals surface area contributed by atoms with E-state index in [1.165, 1.54) is 44.1 Å². The topological polar surface area (TPSA) is 50.4 Å². The van der Waals surface area contributed by atoms with Crippen molar-refractivity contribution in [2.45, 2.75) is 64.6 Å². The van der Waals surface area contributed by atoms with E-state index in [1.807, 2.05) is 12.1 Å². The molecule has 1 aromatic rings. The Bertz CT molecular complexity index is 531. The number of carbonyl (C=O) groups excluding carboxylic acids is 1. The van der Waals surface area contributed by atoms with E-state index in [-0.39, 0.29) is 5.91 Å². The second-order valence-corrected chi connectivity index (χ2v) is 7.73. The third kappa shape index (κ3) is 5.82. The molecule has 1 saturated carbocycles. The van der Waals surface area contributed by atoms with Crippen molar-refractivity contribution in [3.8, 4) is 0 Å². The average molecular weight is 344 g/mol. The molecule has 1 amide bonds. The van der Waals surface area contributed by atoms with E-state index in [1.54, 1.807) is 0 Å². The molecule has 4 heteroatoms. The maximum atomic E-state index is 12.3. The zero-order valence-corrected chi connectivity index (χ0v) is 15.4. The van der Waals surface area contributed by atoms with Crippen LogP contribution in [0.2, 0.25) is 0 Å². The highest BCUT2D eigenvalue weighted by Gasteiger charge is 2.22. The smallest absolute Gasteiger partial charge is 0.224 e. The fourth-order valence-electron chi connectivity index (χ4n) is 4.04. The van der Waals surface area contributed by atoms with E-state index in [2.05, 4.69) is 29.7 Å². The van der Waals surface area contributed by atoms with E-state index in [9.17, 15) is 4.79 Å². The lowest BCUT2D eigenvalue weighted by Gasteiger charge is -2.27. The van der Waals surface area contributed by atoms with Crippen LogP contribution in [0.4, 0.5) is 5.69 Å². The molecule has 0 radical (unpaired) electrons. The minimum Gasteiger partial charge on any atom is -0.374 e. The molecule has 1 unspecified atom stereocenters. The number of rotatable bonds is 7. The lowest BCUT2D eigenvalue weighted by atomic mass is 9.84. The van der Waals surface area contributed by atoms with Gasteiger partial charge in [0.2, 0.25) is 5.91 Å². The highest BCUT2D eigenvalue weighted by atomic mass is 16.5. The summed E-state index contributed by atoms with van der Waals surface area (Å²) < 4.78 is 5.94. The van der Waals surface area contributed by atoms with E-state index in [0.29, 0.717) is 31.0 Å². The van der Waals surface area contributed by atoms with Gasteiger partial charge in [0.15, 0.2) is 0 Å². The van der Waals surface area contributed by atoms with Crippen molar-refractivity contribution in [3.05, 3.63) is 29.8 Å². The molecule has 0 spiro atoms. The Hall–Kier alpha value is -1.39. The molecule has 4 nitrogen and oxygen atoms in total. The predicted molar refractivity (Wildman–Crippen MR) is 101 cm³/mol. The van der Waals surface area contributed by atoms with Crippen molar-refractivity contribution in [2.24, 2.45) is 11.8 Å². The van der Waals surface area contributed by atoms with Gasteiger partial charge >= 0.3 is 0 Å². The highest BCUT2D eigenvalue weighted by molar-refractivity contribution is 5.90. The monoisotopic (exact) mass is 344 g/mol. The average Bonchev–Trinajstić information content (AvgIpc) is 3.15. The quantitative estimate of drug-likeness (QED) is 0.782. The summed E-state index contributed by atoms with van der Waals surface area (Å²) in [5, 5.41) is 6.43. The van der Waals surface area contributed by atoms with E-state index < -0.39 is 0 Å². The van der Waals surface area contributed by atoms with Crippen LogP contribution in [0, 0.1) is 11.8 Å². The molecule has 2 aliphatic rings. The van der Waals surface area contributed by atoms with E-state index in [4.69, 9.17) is 4.74 Å². The third-order valence-electron chi connectivity index (χ3n) is 5.72. The fourth-order valence-corrected chi connectivity index (χ4v) is 4.04. The molecule has 1 aromatic carbocycles. The lowest BCUT2D eigenvalue weighted by molar-refractivity contribution is -0.117. The van der Waals surface area contributed by atoms with Crippen LogP contribution >= 0.6 is 0 Å². The molecule has 1 atom stereocenters. The van der Waals surface area contributed by atoms with Gasteiger partial charge in [-0.05, 0) is 68.3 Å². The predicted octanol–water partition coefficient (Wildman–Crippen LogP) is 4.11. The normalized spacial score (nSPS) is 20.5. The molecule has 25 heavy (non-hydrogen) atoms. The van der Waals surface area contributed by atoms with Gasteiger partial charge in [0.05, 0.1) is 12.7 Å². The summed E-state index contributed by atoms with van der Waals surface area (Å²) in [6, 6.07) is 8.09. The summed E-state index contributed by atoms with van der Waals surface area (Å²) in [6.45, 7) is 5.05. The van der Waals surface area contributed by atoms with Crippen molar-refractivity contribution in [2.75, 3.05) is 18.4 Å². The number of ether oxygens (including phenoxy) is 1. The van der Waals surface area contributed by atoms with Gasteiger partial charge in [0.1, 0.15) is 0 Å². The van der Waals surface area contributed by atoms with Gasteiger partial charge in [-0.15, -0.1) is 0 Å². The number of amides is 1. The number of anilines is 1. The van der Waals surface area contributed by atoms with Crippen LogP contribution in [0.5, 0.6) is 0 Å². The molecule has 3 rings (SSSR count). The molecule has 1 aliphatic carbocycles. The van der Waals surface area contributed by atoms with Crippen LogP contribution in [0.15, 0.2) is 24.3 Å². The summed E-state index contributed by atoms with van der Waals surface area (Å²) in [5.74, 6) is 1.24. The van der Waals surface area contributed by atoms with Crippen LogP contribution in [0.1, 0.15) is 57.4 Å². The molecule has 1 aliphatic heterocycles. The number of benzene rings is 1. The SMILES string of the molecule is CC(CC(=O)Nc1ccc(COC2CCCC2)cc1)C1CCNCC1. The summed E-state index contributed by atoms with van der Waals surface area (Å²) in [4.78, 5) is 12.3. The molecule has 2 N–H and O–H groups in total. The van der Waals surface area contributed by atoms with Gasteiger partial charge < -0.3 is 15.4 Å². The first-order chi connectivity index (χ1) is 12.2. The molecule has 1 saturated heterocycles. The van der Waals surface area contributed by atoms with E-state index >= 15 is 0 Å². The van der Waals surface area contributed by atoms with Crippen LogP contribution in [-0.2, 0) is 16.1 Å². The number of piperidine rings is 1. The standard InChI is InChI=1S/C21H32N2O2/c1-16(18-10-12-22-13-11-18)14-21(24)23-19-8-6-17(7-9-19)15-25-20-4-2-3-5-20/h6-9,16,18,20,22H,2-5,10-15H2,1H3,(H,23,24). The molecule has 0 aromatic heterocycles. The number of hydrogen-bond donors (Lipinski definition) is 2. The first-order valence-electron chi connectivity index (χ1n) is 9.92. The van der Waals surface area contributed by atoms with Gasteiger partial charge in [-0.2, -0.15) is 0 Å². The first-order valence-corrected chi connectivity index (χ1v) is 9.92. The number of hydrogen-bond acceptors (Lipinski definition) is 3. The molecule has 2 fully saturated rings. The van der Waals surface area contributed by atoms with Crippen LogP contribution in [-0.4, -0.2) is 25.1 Å². The van der Waals surface area contributed by atoms with Gasteiger partial charge in [-0.1, -0.05) is 31.9 Å². The van der Waals surface area contributed by atoms with E-state index in [0.717, 1.165) is 18.8 Å². The molecule has 138 valence electrons. The largest absolute Gasteiger partial charge is 0.374 e. The zero-order chi connectivity index (χ0) is 17.5. The van der Waals surface area contributed by atoms with Gasteiger partial charge in [0.25, 0.3) is 0 Å². The Kier molecular flexibility index (Phi) is 6.88. The van der Waals surface area contributed by atoms with Crippen LogP contribution < -0.4 is 10.6 Å². The Morgan fingerprint density at radius 3 is 2.52 bits per heavy atom. The second kappa shape index (κ2) is 9.35. The summed E-state index contributed by atoms with van der Waals surface area (Å²) in [7, 11) is 0. The van der Waals surface area contributed by atoms with Crippen LogP contribution in [0.3, 0.4) is 0 Å². The summed E-state index contributed by atoms with van der Waals surface area (Å²) >= 11 is 0. The first kappa shape index (κ1) is 18.4. The third-order valence-corrected chi connectivity index (χ3v) is 5.72. The Morgan fingerprint density at radius 1 is 1.16 bits per heavy atom. The maximum Gasteiger partial charge on any atom is 0.224 e. The Labute approximate surface area is 151 Å². The van der Waals surface area contributed by atoms with Crippen LogP contribution in [0.25, 0.3) is 0 Å². The van der Waals surface area contributed by atoms with Gasteiger partial charge in [-0.25, -0.2) is 0 Å². The van der Waals surface area contributed by atoms with Crippen molar-refractivity contribution in [3.63, 3.8) is 0 Å². The fraction of sp³-hybridized carbons (Fsp3) is 0.667. The van der Waals surface area contributed by atoms with Gasteiger partial charge in [0, 0.05) is 12.1 Å². The molecule has 0 bridgehead atoms. The molecular formula is C21H32N2O2. The van der Waals surface area contributed by atoms with Crippen molar-refractivity contribution in [1.29, 1.82) is 0 Å². The minimum atomic E-state index is 0.126. The Balaban J connectivity index is 1.41. The summed E-state index contributed by atoms with van der Waals surface area (Å²) in [5.41, 5.74) is 2.06. The highest BCUT2D eigenvalue weighted by Crippen LogP contribution is 2.25. The van der Waals surface area contributed by atoms with Crippen molar-refractivity contribution in [1.82, 2.24) is 5.32 Å². The number of nitrogens with one attached hydrogen (secondary N) is 2. The van der Waals surface area contributed by atoms with Crippen molar-refractivity contribution < 1.29 is 9.53 Å². The molecular weight excluding hydrogens is 312 g/mol. The minimum absolute atomic E-state index is 0.126. The number of carbonyl (C=O) groups is 1. The lowest BCUT2D eigenvalue weighted by Crippen LogP contribution is -2.32. The van der Waals surface area contributed by atoms with Crippen molar-refractivity contribution >= 4 is 11.6 Å². The zero-order valence-electron chi connectivity index (χ0n) is 15.4. The van der Waals surface area contributed by atoms with Gasteiger partial charge in [-0.3, -0.25) is 4.79 Å². The Morgan fingerprint density at radius 2 is 1.84 bits per heavy atom. The summed E-state index contributed by atoms with van der Waals surface area (Å²) in [6.07, 6.45) is 8.41.